The van der Waals surface area contributed by atoms with Crippen LogP contribution in [0.15, 0.2) is 27.9 Å². The van der Waals surface area contributed by atoms with E-state index in [-0.39, 0.29) is 10.9 Å². The summed E-state index contributed by atoms with van der Waals surface area (Å²) in [7, 11) is -3.52. The van der Waals surface area contributed by atoms with Crippen LogP contribution in [0.3, 0.4) is 0 Å². The Morgan fingerprint density at radius 1 is 1.38 bits per heavy atom. The van der Waals surface area contributed by atoms with Gasteiger partial charge in [0.25, 0.3) is 0 Å². The zero-order valence-electron chi connectivity index (χ0n) is 12.5. The number of nitrogens with two attached hydrogens (primary N) is 1. The molecular formula is C14H21N3O2S2. The van der Waals surface area contributed by atoms with E-state index in [0.717, 1.165) is 16.8 Å². The Bertz CT molecular complexity index is 714. The zero-order chi connectivity index (χ0) is 15.6. The SMILES string of the molecule is Cc1cscc1CNS(=O)(=O)c1cc(CN)n(C(C)C)c1. The summed E-state index contributed by atoms with van der Waals surface area (Å²) in [6.45, 7) is 6.59. The van der Waals surface area contributed by atoms with Crippen molar-refractivity contribution in [3.8, 4) is 0 Å². The van der Waals surface area contributed by atoms with Gasteiger partial charge in [-0.1, -0.05) is 0 Å². The summed E-state index contributed by atoms with van der Waals surface area (Å²) in [4.78, 5) is 0.268. The number of hydrogen-bond acceptors (Lipinski definition) is 4. The van der Waals surface area contributed by atoms with Gasteiger partial charge >= 0.3 is 0 Å². The average Bonchev–Trinajstić information content (AvgIpc) is 3.02. The molecule has 0 aliphatic carbocycles. The van der Waals surface area contributed by atoms with Crippen LogP contribution < -0.4 is 10.5 Å². The maximum Gasteiger partial charge on any atom is 0.242 e. The van der Waals surface area contributed by atoms with Crippen molar-refractivity contribution in [1.82, 2.24) is 9.29 Å². The smallest absolute Gasteiger partial charge is 0.242 e. The third-order valence-electron chi connectivity index (χ3n) is 3.40. The molecule has 2 heterocycles. The van der Waals surface area contributed by atoms with E-state index in [0.29, 0.717) is 13.1 Å². The molecule has 0 unspecified atom stereocenters. The van der Waals surface area contributed by atoms with Gasteiger partial charge in [0.05, 0.1) is 4.90 Å². The van der Waals surface area contributed by atoms with Crippen LogP contribution >= 0.6 is 11.3 Å². The maximum absolute atomic E-state index is 12.4. The Kier molecular flexibility index (Phi) is 4.88. The summed E-state index contributed by atoms with van der Waals surface area (Å²) in [5.41, 5.74) is 8.61. The number of sulfonamides is 1. The largest absolute Gasteiger partial charge is 0.346 e. The predicted molar refractivity (Wildman–Crippen MR) is 85.8 cm³/mol. The molecule has 2 aromatic rings. The van der Waals surface area contributed by atoms with Crippen molar-refractivity contribution >= 4 is 21.4 Å². The summed E-state index contributed by atoms with van der Waals surface area (Å²) in [6.07, 6.45) is 1.65. The van der Waals surface area contributed by atoms with Crippen molar-refractivity contribution in [2.24, 2.45) is 5.73 Å². The fourth-order valence-electron chi connectivity index (χ4n) is 2.11. The van der Waals surface area contributed by atoms with Gasteiger partial charge in [0, 0.05) is 31.0 Å². The normalized spacial score (nSPS) is 12.2. The summed E-state index contributed by atoms with van der Waals surface area (Å²) < 4.78 is 29.3. The number of aryl methyl sites for hydroxylation is 1. The standard InChI is InChI=1S/C14H21N3O2S2/c1-10(2)17-7-14(4-13(17)5-15)21(18,19)16-6-12-9-20-8-11(12)3/h4,7-10,16H,5-6,15H2,1-3H3. The highest BCUT2D eigenvalue weighted by atomic mass is 32.2. The molecule has 0 atom stereocenters. The molecule has 3 N–H and O–H groups in total. The van der Waals surface area contributed by atoms with Gasteiger partial charge in [0.15, 0.2) is 0 Å². The molecule has 7 heteroatoms. The first kappa shape index (κ1) is 16.2. The van der Waals surface area contributed by atoms with Crippen LogP contribution in [0.25, 0.3) is 0 Å². The van der Waals surface area contributed by atoms with E-state index >= 15 is 0 Å². The molecule has 0 fully saturated rings. The topological polar surface area (TPSA) is 77.1 Å². The fourth-order valence-corrected chi connectivity index (χ4v) is 4.02. The molecule has 0 saturated heterocycles. The minimum atomic E-state index is -3.52. The van der Waals surface area contributed by atoms with Gasteiger partial charge in [-0.2, -0.15) is 11.3 Å². The molecule has 2 rings (SSSR count). The summed E-state index contributed by atoms with van der Waals surface area (Å²) >= 11 is 1.57. The first-order chi connectivity index (χ1) is 9.85. The molecule has 0 radical (unpaired) electrons. The van der Waals surface area contributed by atoms with Crippen LogP contribution in [0.5, 0.6) is 0 Å². The molecular weight excluding hydrogens is 306 g/mol. The van der Waals surface area contributed by atoms with Crippen molar-refractivity contribution in [3.05, 3.63) is 39.8 Å². The average molecular weight is 327 g/mol. The highest BCUT2D eigenvalue weighted by molar-refractivity contribution is 7.89. The van der Waals surface area contributed by atoms with Crippen LogP contribution in [0.2, 0.25) is 0 Å². The monoisotopic (exact) mass is 327 g/mol. The van der Waals surface area contributed by atoms with E-state index in [1.807, 2.05) is 36.1 Å². The lowest BCUT2D eigenvalue weighted by atomic mass is 10.2. The van der Waals surface area contributed by atoms with E-state index in [2.05, 4.69) is 4.72 Å². The Morgan fingerprint density at radius 2 is 2.10 bits per heavy atom. The fraction of sp³-hybridized carbons (Fsp3) is 0.429. The number of rotatable bonds is 6. The lowest BCUT2D eigenvalue weighted by Gasteiger charge is -2.10. The van der Waals surface area contributed by atoms with Crippen LogP contribution in [0.4, 0.5) is 0 Å². The van der Waals surface area contributed by atoms with Crippen molar-refractivity contribution in [1.29, 1.82) is 0 Å². The molecule has 2 aromatic heterocycles. The molecule has 0 bridgehead atoms. The molecule has 0 saturated carbocycles. The number of thiophene rings is 1. The first-order valence-corrected chi connectivity index (χ1v) is 9.20. The van der Waals surface area contributed by atoms with Gasteiger partial charge in [-0.3, -0.25) is 0 Å². The zero-order valence-corrected chi connectivity index (χ0v) is 14.1. The van der Waals surface area contributed by atoms with Gasteiger partial charge in [-0.25, -0.2) is 13.1 Å². The van der Waals surface area contributed by atoms with Gasteiger partial charge in [-0.15, -0.1) is 0 Å². The maximum atomic E-state index is 12.4. The Labute approximate surface area is 129 Å². The van der Waals surface area contributed by atoms with Crippen molar-refractivity contribution in [2.75, 3.05) is 0 Å². The second kappa shape index (κ2) is 6.31. The molecule has 0 amide bonds. The first-order valence-electron chi connectivity index (χ1n) is 6.77. The number of hydrogen-bond donors (Lipinski definition) is 2. The molecule has 5 nitrogen and oxygen atoms in total. The lowest BCUT2D eigenvalue weighted by molar-refractivity contribution is 0.569. The van der Waals surface area contributed by atoms with Crippen molar-refractivity contribution < 1.29 is 8.42 Å². The van der Waals surface area contributed by atoms with Crippen LogP contribution in [0.1, 0.15) is 36.7 Å². The van der Waals surface area contributed by atoms with Gasteiger partial charge in [0.2, 0.25) is 10.0 Å². The van der Waals surface area contributed by atoms with Crippen molar-refractivity contribution in [2.45, 2.75) is 44.8 Å². The molecule has 116 valence electrons. The molecule has 0 aromatic carbocycles. The second-order valence-corrected chi connectivity index (χ2v) is 7.79. The minimum absolute atomic E-state index is 0.173. The molecule has 21 heavy (non-hydrogen) atoms. The number of nitrogens with zero attached hydrogens (tertiary/aromatic N) is 1. The Morgan fingerprint density at radius 3 is 2.57 bits per heavy atom. The van der Waals surface area contributed by atoms with E-state index < -0.39 is 10.0 Å². The number of aromatic nitrogens is 1. The second-order valence-electron chi connectivity index (χ2n) is 5.28. The van der Waals surface area contributed by atoms with Crippen molar-refractivity contribution in [3.63, 3.8) is 0 Å². The van der Waals surface area contributed by atoms with Crippen LogP contribution in [-0.4, -0.2) is 13.0 Å². The third-order valence-corrected chi connectivity index (χ3v) is 5.68. The lowest BCUT2D eigenvalue weighted by Crippen LogP contribution is -2.23. The van der Waals surface area contributed by atoms with Gasteiger partial charge < -0.3 is 10.3 Å². The minimum Gasteiger partial charge on any atom is -0.346 e. The quantitative estimate of drug-likeness (QED) is 0.855. The molecule has 0 aliphatic rings. The summed E-state index contributed by atoms with van der Waals surface area (Å²) in [6, 6.07) is 1.81. The van der Waals surface area contributed by atoms with E-state index in [4.69, 9.17) is 5.73 Å². The van der Waals surface area contributed by atoms with Crippen LogP contribution in [0, 0.1) is 6.92 Å². The molecule has 0 spiro atoms. The molecule has 0 aliphatic heterocycles. The van der Waals surface area contributed by atoms with Crippen LogP contribution in [-0.2, 0) is 23.1 Å². The van der Waals surface area contributed by atoms with E-state index in [9.17, 15) is 8.42 Å². The Hall–Kier alpha value is -1.15. The predicted octanol–water partition coefficient (Wildman–Crippen LogP) is 2.38. The van der Waals surface area contributed by atoms with Gasteiger partial charge in [0.1, 0.15) is 0 Å². The highest BCUT2D eigenvalue weighted by Crippen LogP contribution is 2.19. The summed E-state index contributed by atoms with van der Waals surface area (Å²) in [5, 5.41) is 3.97. The highest BCUT2D eigenvalue weighted by Gasteiger charge is 2.19. The number of nitrogens with one attached hydrogen (secondary N) is 1. The van der Waals surface area contributed by atoms with E-state index in [1.54, 1.807) is 23.6 Å². The third kappa shape index (κ3) is 3.55. The van der Waals surface area contributed by atoms with Gasteiger partial charge in [-0.05, 0) is 48.7 Å². The van der Waals surface area contributed by atoms with E-state index in [1.165, 1.54) is 0 Å². The summed E-state index contributed by atoms with van der Waals surface area (Å²) in [5.74, 6) is 0. The Balaban J connectivity index is 2.21.